The molecule has 30 heavy (non-hydrogen) atoms. The predicted octanol–water partition coefficient (Wildman–Crippen LogP) is 4.28. The number of benzene rings is 2. The van der Waals surface area contributed by atoms with E-state index in [2.05, 4.69) is 30.9 Å². The molecule has 0 saturated heterocycles. The molecule has 0 atom stereocenters. The molecular weight excluding hydrogens is 398 g/mol. The predicted molar refractivity (Wildman–Crippen MR) is 121 cm³/mol. The van der Waals surface area contributed by atoms with Crippen molar-refractivity contribution >= 4 is 32.6 Å². The minimum Gasteiger partial charge on any atom is -0.486 e. The van der Waals surface area contributed by atoms with Gasteiger partial charge in [0.05, 0.1) is 10.2 Å². The smallest absolute Gasteiger partial charge is 0.260 e. The third-order valence-corrected chi connectivity index (χ3v) is 6.10. The van der Waals surface area contributed by atoms with E-state index >= 15 is 0 Å². The Hall–Kier alpha value is -2.64. The molecule has 0 N–H and O–H groups in total. The van der Waals surface area contributed by atoms with Gasteiger partial charge in [0.1, 0.15) is 13.2 Å². The Bertz CT molecular complexity index is 1080. The Labute approximate surface area is 181 Å². The van der Waals surface area contributed by atoms with Gasteiger partial charge in [0.25, 0.3) is 5.91 Å². The normalized spacial score (nSPS) is 13.1. The van der Waals surface area contributed by atoms with Gasteiger partial charge in [0, 0.05) is 12.1 Å². The van der Waals surface area contributed by atoms with E-state index < -0.39 is 0 Å². The van der Waals surface area contributed by atoms with E-state index in [4.69, 9.17) is 14.5 Å². The summed E-state index contributed by atoms with van der Waals surface area (Å²) < 4.78 is 12.4. The van der Waals surface area contributed by atoms with E-state index in [0.29, 0.717) is 36.8 Å². The van der Waals surface area contributed by atoms with Crippen LogP contribution in [0, 0.1) is 13.8 Å². The lowest BCUT2D eigenvalue weighted by Gasteiger charge is -2.23. The van der Waals surface area contributed by atoms with Crippen LogP contribution in [0.3, 0.4) is 0 Å². The lowest BCUT2D eigenvalue weighted by Crippen LogP contribution is -2.33. The molecule has 0 spiro atoms. The van der Waals surface area contributed by atoms with Gasteiger partial charge in [-0.05, 0) is 76.3 Å². The second kappa shape index (κ2) is 8.62. The van der Waals surface area contributed by atoms with Gasteiger partial charge in [-0.2, -0.15) is 0 Å². The molecule has 0 saturated carbocycles. The third kappa shape index (κ3) is 4.27. The fraction of sp³-hybridized carbons (Fsp3) is 0.391. The van der Waals surface area contributed by atoms with Crippen molar-refractivity contribution in [1.82, 2.24) is 9.88 Å². The number of anilines is 1. The quantitative estimate of drug-likeness (QED) is 0.590. The maximum absolute atomic E-state index is 13.5. The van der Waals surface area contributed by atoms with Crippen LogP contribution in [0.25, 0.3) is 10.2 Å². The number of rotatable bonds is 6. The van der Waals surface area contributed by atoms with Crippen LogP contribution in [0.2, 0.25) is 0 Å². The number of amides is 1. The zero-order valence-electron chi connectivity index (χ0n) is 17.9. The van der Waals surface area contributed by atoms with E-state index in [1.807, 2.05) is 20.2 Å². The van der Waals surface area contributed by atoms with Gasteiger partial charge >= 0.3 is 0 Å². The maximum Gasteiger partial charge on any atom is 0.260 e. The molecule has 0 fully saturated rings. The van der Waals surface area contributed by atoms with Crippen LogP contribution in [0.4, 0.5) is 5.13 Å². The van der Waals surface area contributed by atoms with Gasteiger partial charge < -0.3 is 14.4 Å². The summed E-state index contributed by atoms with van der Waals surface area (Å²) in [7, 11) is 4.08. The summed E-state index contributed by atoms with van der Waals surface area (Å²) >= 11 is 1.57. The highest BCUT2D eigenvalue weighted by Gasteiger charge is 2.23. The first-order chi connectivity index (χ1) is 14.4. The molecule has 0 radical (unpaired) electrons. The topological polar surface area (TPSA) is 54.9 Å². The molecule has 2 aromatic carbocycles. The molecule has 4 rings (SSSR count). The highest BCUT2D eigenvalue weighted by atomic mass is 32.1. The fourth-order valence-electron chi connectivity index (χ4n) is 3.64. The summed E-state index contributed by atoms with van der Waals surface area (Å²) in [5.41, 5.74) is 3.88. The Morgan fingerprint density at radius 1 is 1.07 bits per heavy atom. The molecule has 1 aliphatic heterocycles. The average molecular weight is 426 g/mol. The third-order valence-electron chi connectivity index (χ3n) is 5.07. The van der Waals surface area contributed by atoms with Gasteiger partial charge in [0.15, 0.2) is 16.6 Å². The van der Waals surface area contributed by atoms with Gasteiger partial charge in [-0.25, -0.2) is 4.98 Å². The Morgan fingerprint density at radius 2 is 1.83 bits per heavy atom. The minimum absolute atomic E-state index is 0.0702. The number of thiazole rings is 1. The molecule has 1 aliphatic rings. The molecule has 6 nitrogen and oxygen atoms in total. The van der Waals surface area contributed by atoms with Crippen molar-refractivity contribution in [3.05, 3.63) is 47.0 Å². The summed E-state index contributed by atoms with van der Waals surface area (Å²) in [6, 6.07) is 9.66. The van der Waals surface area contributed by atoms with E-state index in [9.17, 15) is 4.79 Å². The lowest BCUT2D eigenvalue weighted by atomic mass is 10.1. The van der Waals surface area contributed by atoms with Crippen LogP contribution in [-0.4, -0.2) is 56.2 Å². The first-order valence-corrected chi connectivity index (χ1v) is 11.0. The molecule has 1 amide bonds. The Morgan fingerprint density at radius 3 is 2.60 bits per heavy atom. The fourth-order valence-corrected chi connectivity index (χ4v) is 4.80. The highest BCUT2D eigenvalue weighted by molar-refractivity contribution is 7.22. The summed E-state index contributed by atoms with van der Waals surface area (Å²) in [5, 5.41) is 0.734. The van der Waals surface area contributed by atoms with E-state index in [1.54, 1.807) is 28.4 Å². The molecule has 3 aromatic rings. The average Bonchev–Trinajstić information content (AvgIpc) is 3.14. The summed E-state index contributed by atoms with van der Waals surface area (Å²) in [4.78, 5) is 22.3. The first-order valence-electron chi connectivity index (χ1n) is 10.2. The Balaban J connectivity index is 1.69. The molecule has 7 heteroatoms. The van der Waals surface area contributed by atoms with Crippen LogP contribution in [0.1, 0.15) is 27.9 Å². The standard InChI is InChI=1S/C23H27N3O3S/c1-15-12-16(2)21-20(13-15)30-23(24-21)26(9-5-8-25(3)4)22(27)17-6-7-18-19(14-17)29-11-10-28-18/h6-7,12-14H,5,8-11H2,1-4H3. The number of fused-ring (bicyclic) bond motifs is 2. The minimum atomic E-state index is -0.0702. The van der Waals surface area contributed by atoms with Gasteiger partial charge in [-0.15, -0.1) is 0 Å². The van der Waals surface area contributed by atoms with Crippen LogP contribution in [0.15, 0.2) is 30.3 Å². The highest BCUT2D eigenvalue weighted by Crippen LogP contribution is 2.34. The van der Waals surface area contributed by atoms with E-state index in [-0.39, 0.29) is 5.91 Å². The summed E-state index contributed by atoms with van der Waals surface area (Å²) in [6.45, 7) is 6.67. The second-order valence-electron chi connectivity index (χ2n) is 7.90. The number of hydrogen-bond acceptors (Lipinski definition) is 6. The van der Waals surface area contributed by atoms with Crippen molar-refractivity contribution < 1.29 is 14.3 Å². The number of carbonyl (C=O) groups is 1. The zero-order chi connectivity index (χ0) is 21.3. The van der Waals surface area contributed by atoms with Crippen molar-refractivity contribution in [2.24, 2.45) is 0 Å². The van der Waals surface area contributed by atoms with Gasteiger partial charge in [0.2, 0.25) is 0 Å². The molecule has 158 valence electrons. The Kier molecular flexibility index (Phi) is 5.92. The molecular formula is C23H27N3O3S. The maximum atomic E-state index is 13.5. The molecule has 2 heterocycles. The zero-order valence-corrected chi connectivity index (χ0v) is 18.7. The largest absolute Gasteiger partial charge is 0.486 e. The van der Waals surface area contributed by atoms with Crippen molar-refractivity contribution in [2.45, 2.75) is 20.3 Å². The number of aromatic nitrogens is 1. The van der Waals surface area contributed by atoms with Crippen LogP contribution < -0.4 is 14.4 Å². The monoisotopic (exact) mass is 425 g/mol. The van der Waals surface area contributed by atoms with Crippen molar-refractivity contribution in [3.8, 4) is 11.5 Å². The number of ether oxygens (including phenoxy) is 2. The van der Waals surface area contributed by atoms with Crippen molar-refractivity contribution in [3.63, 3.8) is 0 Å². The van der Waals surface area contributed by atoms with Gasteiger partial charge in [-0.1, -0.05) is 17.4 Å². The molecule has 0 bridgehead atoms. The number of carbonyl (C=O) groups excluding carboxylic acids is 1. The summed E-state index contributed by atoms with van der Waals surface area (Å²) in [5.74, 6) is 1.23. The lowest BCUT2D eigenvalue weighted by molar-refractivity contribution is 0.0984. The van der Waals surface area contributed by atoms with Crippen molar-refractivity contribution in [2.75, 3.05) is 45.3 Å². The van der Waals surface area contributed by atoms with Crippen molar-refractivity contribution in [1.29, 1.82) is 0 Å². The summed E-state index contributed by atoms with van der Waals surface area (Å²) in [6.07, 6.45) is 0.858. The molecule has 0 unspecified atom stereocenters. The van der Waals surface area contributed by atoms with Crippen LogP contribution in [-0.2, 0) is 0 Å². The van der Waals surface area contributed by atoms with Crippen LogP contribution >= 0.6 is 11.3 Å². The van der Waals surface area contributed by atoms with E-state index in [0.717, 1.165) is 33.9 Å². The number of aryl methyl sites for hydroxylation is 2. The van der Waals surface area contributed by atoms with Gasteiger partial charge in [-0.3, -0.25) is 9.69 Å². The molecule has 0 aliphatic carbocycles. The first kappa shape index (κ1) is 20.6. The van der Waals surface area contributed by atoms with E-state index in [1.165, 1.54) is 5.56 Å². The number of hydrogen-bond donors (Lipinski definition) is 0. The van der Waals surface area contributed by atoms with Crippen LogP contribution in [0.5, 0.6) is 11.5 Å². The SMILES string of the molecule is Cc1cc(C)c2nc(N(CCCN(C)C)C(=O)c3ccc4c(c3)OCCO4)sc2c1. The number of nitrogens with zero attached hydrogens (tertiary/aromatic N) is 3. The molecule has 1 aromatic heterocycles. The second-order valence-corrected chi connectivity index (χ2v) is 8.91.